The minimum atomic E-state index is -0.342. The van der Waals surface area contributed by atoms with Crippen molar-refractivity contribution in [1.29, 1.82) is 0 Å². The summed E-state index contributed by atoms with van der Waals surface area (Å²) in [5.41, 5.74) is 3.37. The van der Waals surface area contributed by atoms with Crippen molar-refractivity contribution in [2.24, 2.45) is 0 Å². The molecule has 2 aromatic rings. The molecule has 0 aliphatic heterocycles. The summed E-state index contributed by atoms with van der Waals surface area (Å²) in [6.07, 6.45) is 1.74. The van der Waals surface area contributed by atoms with E-state index in [0.29, 0.717) is 12.2 Å². The van der Waals surface area contributed by atoms with Gasteiger partial charge in [-0.05, 0) is 17.7 Å². The number of ether oxygens (including phenoxy) is 2. The molecule has 0 aliphatic rings. The van der Waals surface area contributed by atoms with Gasteiger partial charge >= 0.3 is 5.97 Å². The van der Waals surface area contributed by atoms with Crippen molar-refractivity contribution in [3.8, 4) is 11.1 Å². The average molecular weight is 246 g/mol. The minimum Gasteiger partial charge on any atom is -0.465 e. The number of carbonyl (C=O) groups is 1. The maximum absolute atomic E-state index is 11.3. The minimum absolute atomic E-state index is 0.342. The van der Waals surface area contributed by atoms with Gasteiger partial charge in [0.1, 0.15) is 0 Å². The monoisotopic (exact) mass is 246 g/mol. The van der Waals surface area contributed by atoms with Gasteiger partial charge in [-0.15, -0.1) is 0 Å². The lowest BCUT2D eigenvalue weighted by atomic mass is 10.0. The number of esters is 1. The second-order valence-electron chi connectivity index (χ2n) is 3.76. The fourth-order valence-corrected chi connectivity index (χ4v) is 1.72. The second kappa shape index (κ2) is 5.46. The molecule has 2 rings (SSSR count). The van der Waals surface area contributed by atoms with Crippen molar-refractivity contribution < 1.29 is 14.3 Å². The highest BCUT2D eigenvalue weighted by Crippen LogP contribution is 2.23. The van der Waals surface area contributed by atoms with E-state index in [4.69, 9.17) is 4.74 Å². The van der Waals surface area contributed by atoms with E-state index in [-0.39, 0.29) is 5.97 Å². The molecule has 0 atom stereocenters. The first kappa shape index (κ1) is 12.3. The van der Waals surface area contributed by atoms with Crippen LogP contribution in [0.4, 0.5) is 0 Å². The third kappa shape index (κ3) is 2.41. The van der Waals surface area contributed by atoms with Crippen molar-refractivity contribution >= 4 is 5.97 Å². The van der Waals surface area contributed by atoms with Crippen LogP contribution in [0, 0.1) is 0 Å². The Kier molecular flexibility index (Phi) is 3.74. The zero-order chi connectivity index (χ0) is 13.0. The van der Waals surface area contributed by atoms with Crippen LogP contribution in [0.1, 0.15) is 16.1 Å². The largest absolute Gasteiger partial charge is 0.465 e. The van der Waals surface area contributed by atoms with Crippen LogP contribution in [0.15, 0.2) is 30.5 Å². The molecule has 94 valence electrons. The Morgan fingerprint density at radius 3 is 2.61 bits per heavy atom. The first-order chi connectivity index (χ1) is 8.76. The van der Waals surface area contributed by atoms with Crippen molar-refractivity contribution in [3.05, 3.63) is 41.7 Å². The molecule has 0 spiro atoms. The number of nitrogens with zero attached hydrogens (tertiary/aromatic N) is 1. The molecule has 1 N–H and O–H groups in total. The third-order valence-corrected chi connectivity index (χ3v) is 2.62. The summed E-state index contributed by atoms with van der Waals surface area (Å²) in [6.45, 7) is 0.466. The van der Waals surface area contributed by atoms with Crippen LogP contribution in [-0.2, 0) is 16.1 Å². The van der Waals surface area contributed by atoms with Crippen molar-refractivity contribution in [3.63, 3.8) is 0 Å². The number of carbonyl (C=O) groups excluding carboxylic acids is 1. The van der Waals surface area contributed by atoms with Gasteiger partial charge in [-0.3, -0.25) is 5.10 Å². The van der Waals surface area contributed by atoms with E-state index >= 15 is 0 Å². The molecule has 1 aromatic carbocycles. The van der Waals surface area contributed by atoms with Crippen LogP contribution in [0.3, 0.4) is 0 Å². The molecule has 0 radical (unpaired) electrons. The molecule has 0 aliphatic carbocycles. The molecule has 18 heavy (non-hydrogen) atoms. The van der Waals surface area contributed by atoms with E-state index in [2.05, 4.69) is 14.9 Å². The van der Waals surface area contributed by atoms with Crippen LogP contribution in [0.5, 0.6) is 0 Å². The quantitative estimate of drug-likeness (QED) is 0.838. The van der Waals surface area contributed by atoms with Crippen LogP contribution in [0.25, 0.3) is 11.1 Å². The molecule has 0 unspecified atom stereocenters. The van der Waals surface area contributed by atoms with Crippen LogP contribution in [-0.4, -0.2) is 30.4 Å². The molecule has 0 bridgehead atoms. The van der Waals surface area contributed by atoms with Gasteiger partial charge in [-0.25, -0.2) is 4.79 Å². The molecule has 0 fully saturated rings. The Bertz CT molecular complexity index is 531. The first-order valence-corrected chi connectivity index (χ1v) is 5.46. The number of aromatic nitrogens is 2. The number of rotatable bonds is 4. The van der Waals surface area contributed by atoms with E-state index < -0.39 is 0 Å². The van der Waals surface area contributed by atoms with Gasteiger partial charge in [0.15, 0.2) is 0 Å². The van der Waals surface area contributed by atoms with Crippen molar-refractivity contribution in [1.82, 2.24) is 10.2 Å². The number of aromatic amines is 1. The lowest BCUT2D eigenvalue weighted by molar-refractivity contribution is 0.0601. The Morgan fingerprint density at radius 2 is 2.00 bits per heavy atom. The van der Waals surface area contributed by atoms with Crippen LogP contribution >= 0.6 is 0 Å². The Hall–Kier alpha value is -2.14. The number of hydrogen-bond donors (Lipinski definition) is 1. The highest BCUT2D eigenvalue weighted by atomic mass is 16.5. The summed E-state index contributed by atoms with van der Waals surface area (Å²) < 4.78 is 9.73. The van der Waals surface area contributed by atoms with Gasteiger partial charge in [0, 0.05) is 12.7 Å². The number of H-pyrrole nitrogens is 1. The van der Waals surface area contributed by atoms with Crippen molar-refractivity contribution in [2.75, 3.05) is 14.2 Å². The van der Waals surface area contributed by atoms with E-state index in [1.54, 1.807) is 25.4 Å². The van der Waals surface area contributed by atoms with E-state index in [1.165, 1.54) is 7.11 Å². The molecular weight excluding hydrogens is 232 g/mol. The fourth-order valence-electron chi connectivity index (χ4n) is 1.72. The van der Waals surface area contributed by atoms with E-state index in [1.807, 2.05) is 12.1 Å². The Morgan fingerprint density at radius 1 is 1.28 bits per heavy atom. The third-order valence-electron chi connectivity index (χ3n) is 2.62. The van der Waals surface area contributed by atoms with Gasteiger partial charge in [0.05, 0.1) is 31.2 Å². The Labute approximate surface area is 105 Å². The lowest BCUT2D eigenvalue weighted by Gasteiger charge is -2.04. The number of methoxy groups -OCH3 is 2. The van der Waals surface area contributed by atoms with Crippen LogP contribution < -0.4 is 0 Å². The topological polar surface area (TPSA) is 64.2 Å². The molecule has 5 nitrogen and oxygen atoms in total. The summed E-state index contributed by atoms with van der Waals surface area (Å²) in [6, 6.07) is 7.17. The first-order valence-electron chi connectivity index (χ1n) is 5.46. The predicted octanol–water partition coefficient (Wildman–Crippen LogP) is 2.01. The second-order valence-corrected chi connectivity index (χ2v) is 3.76. The molecule has 1 aromatic heterocycles. The zero-order valence-corrected chi connectivity index (χ0v) is 10.3. The molecule has 0 saturated heterocycles. The van der Waals surface area contributed by atoms with Gasteiger partial charge in [0.25, 0.3) is 0 Å². The van der Waals surface area contributed by atoms with E-state index in [9.17, 15) is 4.79 Å². The number of benzene rings is 1. The van der Waals surface area contributed by atoms with Gasteiger partial charge in [0.2, 0.25) is 0 Å². The van der Waals surface area contributed by atoms with Gasteiger partial charge in [-0.2, -0.15) is 5.10 Å². The maximum atomic E-state index is 11.3. The van der Waals surface area contributed by atoms with Crippen LogP contribution in [0.2, 0.25) is 0 Å². The zero-order valence-electron chi connectivity index (χ0n) is 10.3. The molecular formula is C13H14N2O3. The van der Waals surface area contributed by atoms with E-state index in [0.717, 1.165) is 16.8 Å². The van der Waals surface area contributed by atoms with Crippen molar-refractivity contribution in [2.45, 2.75) is 6.61 Å². The summed E-state index contributed by atoms with van der Waals surface area (Å²) in [4.78, 5) is 11.3. The molecule has 0 amide bonds. The van der Waals surface area contributed by atoms with Gasteiger partial charge in [-0.1, -0.05) is 12.1 Å². The normalized spacial score (nSPS) is 10.3. The molecule has 1 heterocycles. The summed E-state index contributed by atoms with van der Waals surface area (Å²) in [7, 11) is 2.99. The summed E-state index contributed by atoms with van der Waals surface area (Å²) in [5.74, 6) is -0.342. The number of nitrogens with one attached hydrogen (secondary N) is 1. The summed E-state index contributed by atoms with van der Waals surface area (Å²) in [5, 5.41) is 6.88. The standard InChI is InChI=1S/C13H14N2O3/c1-17-8-12-11(7-14-15-12)9-3-5-10(6-4-9)13(16)18-2/h3-7H,8H2,1-2H3,(H,14,15). The average Bonchev–Trinajstić information content (AvgIpc) is 2.87. The van der Waals surface area contributed by atoms with Gasteiger partial charge < -0.3 is 9.47 Å². The predicted molar refractivity (Wildman–Crippen MR) is 66.1 cm³/mol. The maximum Gasteiger partial charge on any atom is 0.337 e. The SMILES string of the molecule is COCc1[nH]ncc1-c1ccc(C(=O)OC)cc1. The fraction of sp³-hybridized carbons (Fsp3) is 0.231. The Balaban J connectivity index is 2.28. The highest BCUT2D eigenvalue weighted by Gasteiger charge is 2.09. The summed E-state index contributed by atoms with van der Waals surface area (Å²) >= 11 is 0. The number of hydrogen-bond acceptors (Lipinski definition) is 4. The molecule has 5 heteroatoms. The molecule has 0 saturated carbocycles. The lowest BCUT2D eigenvalue weighted by Crippen LogP contribution is -2.00. The smallest absolute Gasteiger partial charge is 0.337 e. The highest BCUT2D eigenvalue weighted by molar-refractivity contribution is 5.90.